The van der Waals surface area contributed by atoms with Gasteiger partial charge in [0.05, 0.1) is 16.7 Å². The van der Waals surface area contributed by atoms with E-state index in [1.807, 2.05) is 24.3 Å². The van der Waals surface area contributed by atoms with Crippen LogP contribution in [0.25, 0.3) is 89.6 Å². The van der Waals surface area contributed by atoms with Gasteiger partial charge in [0.1, 0.15) is 5.76 Å². The van der Waals surface area contributed by atoms with E-state index in [0.29, 0.717) is 17.5 Å². The fraction of sp³-hybridized carbons (Fsp3) is 0.100. The summed E-state index contributed by atoms with van der Waals surface area (Å²) in [7, 11) is 0. The summed E-state index contributed by atoms with van der Waals surface area (Å²) in [4.78, 5) is 15.5. The van der Waals surface area contributed by atoms with Gasteiger partial charge in [-0.2, -0.15) is 0 Å². The number of rotatable bonds is 7. The van der Waals surface area contributed by atoms with Crippen molar-refractivity contribution in [1.82, 2.24) is 19.5 Å². The lowest BCUT2D eigenvalue weighted by Crippen LogP contribution is -2.06. The maximum absolute atomic E-state index is 6.70. The van der Waals surface area contributed by atoms with Crippen LogP contribution in [0.4, 0.5) is 0 Å². The van der Waals surface area contributed by atoms with Gasteiger partial charge in [-0.25, -0.2) is 15.0 Å². The fourth-order valence-corrected chi connectivity index (χ4v) is 8.18. The Bertz CT molecular complexity index is 2940. The van der Waals surface area contributed by atoms with E-state index in [1.165, 1.54) is 5.39 Å². The predicted octanol–water partition coefficient (Wildman–Crippen LogP) is 13.1. The molecular weight excluding hydrogens is 673 g/mol. The van der Waals surface area contributed by atoms with Crippen molar-refractivity contribution in [3.8, 4) is 39.6 Å². The average Bonchev–Trinajstić information content (AvgIpc) is 3.78. The maximum atomic E-state index is 6.70. The molecule has 5 aromatic carbocycles. The number of hydrogen-bond donors (Lipinski definition) is 0. The van der Waals surface area contributed by atoms with Gasteiger partial charge in [-0.3, -0.25) is 0 Å². The second-order valence-corrected chi connectivity index (χ2v) is 14.2. The highest BCUT2D eigenvalue weighted by atomic mass is 16.3. The van der Waals surface area contributed by atoms with Crippen LogP contribution in [0.3, 0.4) is 0 Å². The summed E-state index contributed by atoms with van der Waals surface area (Å²) in [6, 6.07) is 38.5. The van der Waals surface area contributed by atoms with Gasteiger partial charge in [-0.1, -0.05) is 134 Å². The van der Waals surface area contributed by atoms with Crippen LogP contribution in [0.5, 0.6) is 0 Å². The Hall–Kier alpha value is -6.85. The molecule has 0 aliphatic heterocycles. The average molecular weight is 711 g/mol. The van der Waals surface area contributed by atoms with E-state index in [1.54, 1.807) is 0 Å². The van der Waals surface area contributed by atoms with Crippen LogP contribution in [0.15, 0.2) is 157 Å². The molecule has 0 N–H and O–H groups in total. The second kappa shape index (κ2) is 13.5. The summed E-state index contributed by atoms with van der Waals surface area (Å²) in [5.74, 6) is 2.76. The number of aryl methyl sites for hydroxylation is 1. The molecule has 55 heavy (non-hydrogen) atoms. The van der Waals surface area contributed by atoms with Crippen molar-refractivity contribution >= 4 is 50.0 Å². The number of nitrogens with zero attached hydrogens (tertiary/aromatic N) is 4. The first-order chi connectivity index (χ1) is 27.2. The Morgan fingerprint density at radius 2 is 1.22 bits per heavy atom. The molecule has 0 saturated heterocycles. The molecule has 0 fully saturated rings. The topological polar surface area (TPSA) is 56.7 Å². The van der Waals surface area contributed by atoms with Crippen molar-refractivity contribution in [3.05, 3.63) is 175 Å². The third-order valence-corrected chi connectivity index (χ3v) is 10.9. The van der Waals surface area contributed by atoms with Gasteiger partial charge < -0.3 is 8.98 Å². The van der Waals surface area contributed by atoms with E-state index >= 15 is 0 Å². The molecular formula is C50H38N4O. The number of hydrogen-bond acceptors (Lipinski definition) is 4. The molecule has 0 amide bonds. The van der Waals surface area contributed by atoms with E-state index < -0.39 is 0 Å². The first kappa shape index (κ1) is 32.8. The van der Waals surface area contributed by atoms with E-state index in [0.717, 1.165) is 109 Å². The monoisotopic (exact) mass is 710 g/mol. The molecule has 0 saturated carbocycles. The van der Waals surface area contributed by atoms with E-state index in [-0.39, 0.29) is 0 Å². The highest BCUT2D eigenvalue weighted by molar-refractivity contribution is 6.18. The zero-order valence-corrected chi connectivity index (χ0v) is 30.7. The van der Waals surface area contributed by atoms with Crippen LogP contribution in [0.1, 0.15) is 48.4 Å². The minimum Gasteiger partial charge on any atom is -0.454 e. The molecule has 5 nitrogen and oxygen atoms in total. The largest absolute Gasteiger partial charge is 0.454 e. The van der Waals surface area contributed by atoms with Gasteiger partial charge in [-0.15, -0.1) is 0 Å². The normalized spacial score (nSPS) is 14.1. The van der Waals surface area contributed by atoms with Gasteiger partial charge in [0.2, 0.25) is 0 Å². The van der Waals surface area contributed by atoms with Crippen LogP contribution < -0.4 is 0 Å². The summed E-state index contributed by atoms with van der Waals surface area (Å²) in [6.45, 7) is 6.19. The van der Waals surface area contributed by atoms with Crippen molar-refractivity contribution in [2.24, 2.45) is 0 Å². The number of aromatic nitrogens is 4. The molecule has 10 rings (SSSR count). The highest BCUT2D eigenvalue weighted by Crippen LogP contribution is 2.45. The molecule has 3 heterocycles. The number of fused-ring (bicyclic) bond motifs is 5. The third kappa shape index (κ3) is 5.59. The molecule has 0 bridgehead atoms. The van der Waals surface area contributed by atoms with E-state index in [4.69, 9.17) is 19.4 Å². The zero-order chi connectivity index (χ0) is 36.9. The summed E-state index contributed by atoms with van der Waals surface area (Å²) in [6.07, 6.45) is 19.2. The van der Waals surface area contributed by atoms with Crippen LogP contribution in [0, 0.1) is 6.92 Å². The lowest BCUT2D eigenvalue weighted by Gasteiger charge is -2.22. The van der Waals surface area contributed by atoms with Gasteiger partial charge in [-0.05, 0) is 68.0 Å². The smallest absolute Gasteiger partial charge is 0.164 e. The molecule has 2 aliphatic carbocycles. The van der Waals surface area contributed by atoms with Gasteiger partial charge >= 0.3 is 0 Å². The number of benzene rings is 5. The number of allylic oxidation sites excluding steroid dienone is 8. The van der Waals surface area contributed by atoms with Crippen molar-refractivity contribution in [2.45, 2.75) is 32.6 Å². The van der Waals surface area contributed by atoms with Crippen molar-refractivity contribution in [1.29, 1.82) is 0 Å². The van der Waals surface area contributed by atoms with Crippen molar-refractivity contribution in [3.63, 3.8) is 0 Å². The molecule has 0 atom stereocenters. The summed E-state index contributed by atoms with van der Waals surface area (Å²) in [5.41, 5.74) is 12.5. The summed E-state index contributed by atoms with van der Waals surface area (Å²) < 4.78 is 9.13. The third-order valence-electron chi connectivity index (χ3n) is 10.9. The molecule has 0 spiro atoms. The maximum Gasteiger partial charge on any atom is 0.164 e. The summed E-state index contributed by atoms with van der Waals surface area (Å²) in [5, 5.41) is 3.39. The Morgan fingerprint density at radius 1 is 0.600 bits per heavy atom. The minimum absolute atomic E-state index is 0.635. The van der Waals surface area contributed by atoms with Crippen LogP contribution in [-0.2, 0) is 0 Å². The van der Waals surface area contributed by atoms with Gasteiger partial charge in [0.25, 0.3) is 0 Å². The van der Waals surface area contributed by atoms with Gasteiger partial charge in [0.15, 0.2) is 23.1 Å². The number of para-hydroxylation sites is 1. The first-order valence-corrected chi connectivity index (χ1v) is 19.0. The zero-order valence-electron chi connectivity index (χ0n) is 30.7. The Morgan fingerprint density at radius 3 is 1.93 bits per heavy atom. The predicted molar refractivity (Wildman–Crippen MR) is 228 cm³/mol. The minimum atomic E-state index is 0.635. The lowest BCUT2D eigenvalue weighted by molar-refractivity contribution is 0.603. The van der Waals surface area contributed by atoms with E-state index in [9.17, 15) is 0 Å². The van der Waals surface area contributed by atoms with Crippen molar-refractivity contribution in [2.75, 3.05) is 0 Å². The second-order valence-electron chi connectivity index (χ2n) is 14.2. The van der Waals surface area contributed by atoms with Crippen LogP contribution >= 0.6 is 0 Å². The quantitative estimate of drug-likeness (QED) is 0.165. The SMILES string of the molecule is C=Cc1oc2c(ccc3c4ccccc4n(-c4c(C5=CCCC=C5)cc(-c5nc(C6=CCCC=C6)nc(-c6ccccc6)n5)cc4-c4ccccc4)c32)c1C. The molecule has 5 heteroatoms. The molecule has 0 radical (unpaired) electrons. The molecule has 8 aromatic rings. The fourth-order valence-electron chi connectivity index (χ4n) is 8.18. The summed E-state index contributed by atoms with van der Waals surface area (Å²) >= 11 is 0. The Kier molecular flexibility index (Phi) is 8.06. The first-order valence-electron chi connectivity index (χ1n) is 19.0. The lowest BCUT2D eigenvalue weighted by atomic mass is 9.90. The van der Waals surface area contributed by atoms with Gasteiger partial charge in [0, 0.05) is 49.5 Å². The highest BCUT2D eigenvalue weighted by Gasteiger charge is 2.26. The van der Waals surface area contributed by atoms with Crippen LogP contribution in [-0.4, -0.2) is 19.5 Å². The van der Waals surface area contributed by atoms with E-state index in [2.05, 4.69) is 146 Å². The van der Waals surface area contributed by atoms with Crippen molar-refractivity contribution < 1.29 is 4.42 Å². The molecule has 2 aliphatic rings. The molecule has 264 valence electrons. The Labute approximate surface area is 320 Å². The standard InChI is InChI=1S/C50H38N4O/c1-3-44-32(2)38-28-29-40-39-26-16-17-27-43(39)54(46(40)47(38)55-44)45-41(33-18-8-4-9-19-33)30-37(31-42(45)34-20-10-5-11-21-34)50-52-48(35-22-12-6-13-23-35)51-49(53-50)36-24-14-7-15-25-36/h3-4,6,8-10,12-14,16-31H,1,5,7,11,15H2,2H3. The van der Waals surface area contributed by atoms with Crippen LogP contribution in [0.2, 0.25) is 0 Å². The number of furan rings is 1. The molecule has 0 unspecified atom stereocenters. The Balaban J connectivity index is 1.34. The molecule has 3 aromatic heterocycles.